The summed E-state index contributed by atoms with van der Waals surface area (Å²) in [5.41, 5.74) is 11.5. The fourth-order valence-electron chi connectivity index (χ4n) is 1.39. The maximum Gasteiger partial charge on any atom is 0.227 e. The molecular formula is C10H11N3O2S2. The molecule has 7 heteroatoms. The zero-order valence-corrected chi connectivity index (χ0v) is 10.7. The first-order valence-electron chi connectivity index (χ1n) is 4.75. The Morgan fingerprint density at radius 1 is 1.59 bits per heavy atom. The van der Waals surface area contributed by atoms with E-state index in [0.29, 0.717) is 10.9 Å². The predicted molar refractivity (Wildman–Crippen MR) is 70.5 cm³/mol. The highest BCUT2D eigenvalue weighted by Gasteiger charge is 2.10. The lowest BCUT2D eigenvalue weighted by Gasteiger charge is -2.04. The Hall–Kier alpha value is -1.47. The number of fused-ring (bicyclic) bond motifs is 1. The highest BCUT2D eigenvalue weighted by Crippen LogP contribution is 2.35. The van der Waals surface area contributed by atoms with Gasteiger partial charge in [-0.05, 0) is 12.1 Å². The van der Waals surface area contributed by atoms with Crippen molar-refractivity contribution >= 4 is 44.4 Å². The van der Waals surface area contributed by atoms with Gasteiger partial charge in [-0.2, -0.15) is 0 Å². The Balaban J connectivity index is 2.41. The summed E-state index contributed by atoms with van der Waals surface area (Å²) in [5, 5.41) is 0.496. The number of thiazole rings is 1. The average molecular weight is 269 g/mol. The van der Waals surface area contributed by atoms with Gasteiger partial charge in [0.05, 0.1) is 17.6 Å². The van der Waals surface area contributed by atoms with Crippen LogP contribution in [0.4, 0.5) is 5.13 Å². The molecule has 5 nitrogen and oxygen atoms in total. The number of anilines is 1. The van der Waals surface area contributed by atoms with Gasteiger partial charge >= 0.3 is 0 Å². The molecule has 0 aliphatic rings. The molecule has 0 saturated carbocycles. The minimum atomic E-state index is -0.349. The van der Waals surface area contributed by atoms with Gasteiger partial charge < -0.3 is 16.2 Å². The number of amides is 1. The normalized spacial score (nSPS) is 10.6. The Bertz CT molecular complexity index is 568. The summed E-state index contributed by atoms with van der Waals surface area (Å²) in [6.45, 7) is 0. The molecule has 0 aliphatic heterocycles. The Labute approximate surface area is 106 Å². The third-order valence-electron chi connectivity index (χ3n) is 2.05. The number of primary amides is 1. The Kier molecular flexibility index (Phi) is 3.39. The van der Waals surface area contributed by atoms with Crippen LogP contribution in [0.5, 0.6) is 5.75 Å². The van der Waals surface area contributed by atoms with Gasteiger partial charge in [0.15, 0.2) is 5.13 Å². The van der Waals surface area contributed by atoms with Crippen LogP contribution < -0.4 is 16.2 Å². The minimum Gasteiger partial charge on any atom is -0.494 e. The van der Waals surface area contributed by atoms with Crippen LogP contribution in [0.15, 0.2) is 17.0 Å². The monoisotopic (exact) mass is 269 g/mol. The maximum atomic E-state index is 10.7. The number of thioether (sulfide) groups is 1. The molecule has 0 aliphatic carbocycles. The topological polar surface area (TPSA) is 91.2 Å². The van der Waals surface area contributed by atoms with Gasteiger partial charge in [0.25, 0.3) is 0 Å². The third-order valence-corrected chi connectivity index (χ3v) is 3.88. The van der Waals surface area contributed by atoms with Crippen molar-refractivity contribution in [1.82, 2.24) is 4.98 Å². The molecule has 90 valence electrons. The predicted octanol–water partition coefficient (Wildman–Crippen LogP) is 1.46. The van der Waals surface area contributed by atoms with Crippen LogP contribution in [0, 0.1) is 0 Å². The highest BCUT2D eigenvalue weighted by atomic mass is 32.2. The molecule has 0 saturated heterocycles. The second-order valence-corrected chi connectivity index (χ2v) is 5.39. The molecule has 0 radical (unpaired) electrons. The number of nitrogens with zero attached hydrogens (tertiary/aromatic N) is 1. The summed E-state index contributed by atoms with van der Waals surface area (Å²) in [6.07, 6.45) is 0. The maximum absolute atomic E-state index is 10.7. The number of carbonyl (C=O) groups excluding carboxylic acids is 1. The zero-order chi connectivity index (χ0) is 12.4. The van der Waals surface area contributed by atoms with E-state index in [0.717, 1.165) is 15.1 Å². The molecule has 2 aromatic rings. The first-order valence-corrected chi connectivity index (χ1v) is 6.55. The number of carbonyl (C=O) groups is 1. The molecule has 1 heterocycles. The summed E-state index contributed by atoms with van der Waals surface area (Å²) in [5.74, 6) is 0.545. The van der Waals surface area contributed by atoms with Crippen molar-refractivity contribution in [3.05, 3.63) is 12.1 Å². The number of methoxy groups -OCH3 is 1. The number of hydrogen-bond donors (Lipinski definition) is 2. The molecule has 1 aromatic carbocycles. The molecule has 1 amide bonds. The van der Waals surface area contributed by atoms with Crippen molar-refractivity contribution in [2.24, 2.45) is 5.73 Å². The van der Waals surface area contributed by atoms with Gasteiger partial charge in [-0.25, -0.2) is 4.98 Å². The van der Waals surface area contributed by atoms with Gasteiger partial charge in [-0.15, -0.1) is 11.8 Å². The van der Waals surface area contributed by atoms with E-state index >= 15 is 0 Å². The third kappa shape index (κ3) is 2.62. The van der Waals surface area contributed by atoms with Crippen LogP contribution >= 0.6 is 23.1 Å². The summed E-state index contributed by atoms with van der Waals surface area (Å²) >= 11 is 2.75. The number of hydrogen-bond acceptors (Lipinski definition) is 6. The van der Waals surface area contributed by atoms with Crippen LogP contribution in [-0.2, 0) is 4.79 Å². The number of aromatic nitrogens is 1. The number of nitrogen functional groups attached to an aromatic ring is 1. The van der Waals surface area contributed by atoms with Crippen LogP contribution in [0.3, 0.4) is 0 Å². The SMILES string of the molecule is COc1cc(SCC(N)=O)cc2sc(N)nc12. The molecule has 17 heavy (non-hydrogen) atoms. The zero-order valence-electron chi connectivity index (χ0n) is 9.10. The second-order valence-electron chi connectivity index (χ2n) is 3.28. The summed E-state index contributed by atoms with van der Waals surface area (Å²) in [7, 11) is 1.58. The van der Waals surface area contributed by atoms with Gasteiger partial charge in [0.2, 0.25) is 5.91 Å². The van der Waals surface area contributed by atoms with E-state index in [1.54, 1.807) is 7.11 Å². The lowest BCUT2D eigenvalue weighted by atomic mass is 10.3. The van der Waals surface area contributed by atoms with E-state index in [4.69, 9.17) is 16.2 Å². The first kappa shape index (κ1) is 12.0. The molecule has 0 atom stereocenters. The molecular weight excluding hydrogens is 258 g/mol. The van der Waals surface area contributed by atoms with E-state index in [2.05, 4.69) is 4.98 Å². The number of rotatable bonds is 4. The van der Waals surface area contributed by atoms with Crippen molar-refractivity contribution in [3.8, 4) is 5.75 Å². The molecule has 4 N–H and O–H groups in total. The van der Waals surface area contributed by atoms with E-state index < -0.39 is 0 Å². The van der Waals surface area contributed by atoms with E-state index in [-0.39, 0.29) is 11.7 Å². The van der Waals surface area contributed by atoms with Crippen LogP contribution in [0.2, 0.25) is 0 Å². The molecule has 0 fully saturated rings. The fourth-order valence-corrected chi connectivity index (χ4v) is 2.95. The Morgan fingerprint density at radius 3 is 3.00 bits per heavy atom. The first-order chi connectivity index (χ1) is 8.10. The number of ether oxygens (including phenoxy) is 1. The lowest BCUT2D eigenvalue weighted by molar-refractivity contribution is -0.115. The number of nitrogens with two attached hydrogens (primary N) is 2. The largest absolute Gasteiger partial charge is 0.494 e. The van der Waals surface area contributed by atoms with Gasteiger partial charge in [0, 0.05) is 4.90 Å². The number of benzene rings is 1. The quantitative estimate of drug-likeness (QED) is 0.820. The van der Waals surface area contributed by atoms with Gasteiger partial charge in [-0.1, -0.05) is 11.3 Å². The lowest BCUT2D eigenvalue weighted by Crippen LogP contribution is -2.12. The van der Waals surface area contributed by atoms with Crippen LogP contribution in [-0.4, -0.2) is 23.8 Å². The average Bonchev–Trinajstić information content (AvgIpc) is 2.65. The molecule has 0 bridgehead atoms. The summed E-state index contributed by atoms with van der Waals surface area (Å²) in [4.78, 5) is 15.8. The van der Waals surface area contributed by atoms with E-state index in [1.165, 1.54) is 23.1 Å². The van der Waals surface area contributed by atoms with E-state index in [9.17, 15) is 4.79 Å². The highest BCUT2D eigenvalue weighted by molar-refractivity contribution is 8.00. The van der Waals surface area contributed by atoms with Crippen molar-refractivity contribution < 1.29 is 9.53 Å². The van der Waals surface area contributed by atoms with Crippen molar-refractivity contribution in [1.29, 1.82) is 0 Å². The molecule has 0 unspecified atom stereocenters. The standard InChI is InChI=1S/C10H11N3O2S2/c1-15-6-2-5(16-4-8(11)14)3-7-9(6)13-10(12)17-7/h2-3H,4H2,1H3,(H2,11,14)(H2,12,13). The van der Waals surface area contributed by atoms with Crippen molar-refractivity contribution in [2.45, 2.75) is 4.90 Å². The summed E-state index contributed by atoms with van der Waals surface area (Å²) in [6, 6.07) is 3.76. The fraction of sp³-hybridized carbons (Fsp3) is 0.200. The van der Waals surface area contributed by atoms with Crippen LogP contribution in [0.25, 0.3) is 10.2 Å². The molecule has 0 spiro atoms. The smallest absolute Gasteiger partial charge is 0.227 e. The van der Waals surface area contributed by atoms with Gasteiger partial charge in [-0.3, -0.25) is 4.79 Å². The molecule has 2 rings (SSSR count). The summed E-state index contributed by atoms with van der Waals surface area (Å²) < 4.78 is 6.19. The van der Waals surface area contributed by atoms with Crippen molar-refractivity contribution in [2.75, 3.05) is 18.6 Å². The van der Waals surface area contributed by atoms with Gasteiger partial charge in [0.1, 0.15) is 11.3 Å². The second kappa shape index (κ2) is 4.80. The van der Waals surface area contributed by atoms with Crippen molar-refractivity contribution in [3.63, 3.8) is 0 Å². The minimum absolute atomic E-state index is 0.239. The molecule has 1 aromatic heterocycles. The van der Waals surface area contributed by atoms with E-state index in [1.807, 2.05) is 12.1 Å². The van der Waals surface area contributed by atoms with Crippen LogP contribution in [0.1, 0.15) is 0 Å². The Morgan fingerprint density at radius 2 is 2.35 bits per heavy atom.